The molecule has 8 nitrogen and oxygen atoms in total. The van der Waals surface area contributed by atoms with Crippen molar-refractivity contribution in [2.75, 3.05) is 31.6 Å². The number of anilines is 1. The van der Waals surface area contributed by atoms with Gasteiger partial charge in [-0.3, -0.25) is 10.1 Å². The number of hydrogen-bond acceptors (Lipinski definition) is 5. The molecule has 1 saturated heterocycles. The van der Waals surface area contributed by atoms with Crippen molar-refractivity contribution < 1.29 is 14.5 Å². The van der Waals surface area contributed by atoms with E-state index in [0.717, 1.165) is 6.54 Å². The first-order valence-corrected chi connectivity index (χ1v) is 6.27. The number of ether oxygens (including phenoxy) is 1. The van der Waals surface area contributed by atoms with Crippen LogP contribution in [0.15, 0.2) is 24.3 Å². The number of rotatable bonds is 4. The van der Waals surface area contributed by atoms with E-state index < -0.39 is 11.0 Å². The van der Waals surface area contributed by atoms with Crippen molar-refractivity contribution in [2.24, 2.45) is 0 Å². The van der Waals surface area contributed by atoms with Crippen molar-refractivity contribution >= 4 is 17.4 Å². The number of carbonyl (C=O) groups is 1. The molecule has 0 radical (unpaired) electrons. The fourth-order valence-electron chi connectivity index (χ4n) is 1.83. The molecule has 1 atom stereocenters. The average molecular weight is 280 g/mol. The molecule has 0 aromatic heterocycles. The molecule has 3 N–H and O–H groups in total. The van der Waals surface area contributed by atoms with Gasteiger partial charge in [-0.2, -0.15) is 0 Å². The van der Waals surface area contributed by atoms with E-state index in [1.54, 1.807) is 6.07 Å². The van der Waals surface area contributed by atoms with Crippen LogP contribution in [0.3, 0.4) is 0 Å². The van der Waals surface area contributed by atoms with E-state index >= 15 is 0 Å². The van der Waals surface area contributed by atoms with Crippen LogP contribution in [-0.4, -0.2) is 43.3 Å². The van der Waals surface area contributed by atoms with Crippen LogP contribution in [0.1, 0.15) is 0 Å². The van der Waals surface area contributed by atoms with Crippen molar-refractivity contribution in [2.45, 2.75) is 6.10 Å². The van der Waals surface area contributed by atoms with Crippen LogP contribution in [0.4, 0.5) is 16.2 Å². The highest BCUT2D eigenvalue weighted by atomic mass is 16.6. The summed E-state index contributed by atoms with van der Waals surface area (Å²) >= 11 is 0. The number of nitro benzene ring substituents is 1. The van der Waals surface area contributed by atoms with E-state index in [4.69, 9.17) is 4.74 Å². The van der Waals surface area contributed by atoms with Gasteiger partial charge < -0.3 is 20.7 Å². The van der Waals surface area contributed by atoms with E-state index in [9.17, 15) is 14.9 Å². The molecular formula is C12H16N4O4. The first-order valence-electron chi connectivity index (χ1n) is 6.27. The molecule has 108 valence electrons. The van der Waals surface area contributed by atoms with Crippen molar-refractivity contribution in [1.82, 2.24) is 10.6 Å². The fourth-order valence-corrected chi connectivity index (χ4v) is 1.83. The van der Waals surface area contributed by atoms with Crippen LogP contribution >= 0.6 is 0 Å². The minimum Gasteiger partial charge on any atom is -0.374 e. The molecule has 2 amide bonds. The number of nitrogens with zero attached hydrogens (tertiary/aromatic N) is 1. The molecule has 0 bridgehead atoms. The van der Waals surface area contributed by atoms with Crippen LogP contribution in [0.25, 0.3) is 0 Å². The molecule has 1 aromatic rings. The summed E-state index contributed by atoms with van der Waals surface area (Å²) in [6, 6.07) is 5.36. The molecule has 0 spiro atoms. The lowest BCUT2D eigenvalue weighted by Crippen LogP contribution is -2.45. The molecule has 1 aromatic carbocycles. The predicted molar refractivity (Wildman–Crippen MR) is 72.7 cm³/mol. The Labute approximate surface area is 115 Å². The zero-order valence-corrected chi connectivity index (χ0v) is 10.8. The van der Waals surface area contributed by atoms with E-state index in [1.165, 1.54) is 18.2 Å². The Bertz CT molecular complexity index is 488. The maximum atomic E-state index is 11.7. The predicted octanol–water partition coefficient (Wildman–Crippen LogP) is 0.705. The monoisotopic (exact) mass is 280 g/mol. The zero-order chi connectivity index (χ0) is 14.4. The molecule has 1 fully saturated rings. The smallest absolute Gasteiger partial charge is 0.319 e. The van der Waals surface area contributed by atoms with E-state index in [2.05, 4.69) is 16.0 Å². The molecule has 20 heavy (non-hydrogen) atoms. The summed E-state index contributed by atoms with van der Waals surface area (Å²) in [5, 5.41) is 19.0. The van der Waals surface area contributed by atoms with Gasteiger partial charge in [0.2, 0.25) is 0 Å². The Kier molecular flexibility index (Phi) is 4.85. The van der Waals surface area contributed by atoms with Crippen LogP contribution in [0, 0.1) is 10.1 Å². The SMILES string of the molecule is O=C(NCC1CNCCO1)Nc1cccc([N+](=O)[O-])c1. The quantitative estimate of drug-likeness (QED) is 0.556. The van der Waals surface area contributed by atoms with Gasteiger partial charge in [-0.25, -0.2) is 4.79 Å². The number of benzene rings is 1. The normalized spacial score (nSPS) is 18.3. The van der Waals surface area contributed by atoms with Gasteiger partial charge in [-0.1, -0.05) is 6.07 Å². The minimum absolute atomic E-state index is 0.0559. The highest BCUT2D eigenvalue weighted by Gasteiger charge is 2.14. The topological polar surface area (TPSA) is 106 Å². The van der Waals surface area contributed by atoms with Crippen LogP contribution in [0.2, 0.25) is 0 Å². The number of urea groups is 1. The summed E-state index contributed by atoms with van der Waals surface area (Å²) in [7, 11) is 0. The third kappa shape index (κ3) is 4.18. The van der Waals surface area contributed by atoms with E-state index in [-0.39, 0.29) is 11.8 Å². The van der Waals surface area contributed by atoms with Gasteiger partial charge in [-0.15, -0.1) is 0 Å². The highest BCUT2D eigenvalue weighted by Crippen LogP contribution is 2.16. The summed E-state index contributed by atoms with van der Waals surface area (Å²) in [6.07, 6.45) is -0.0559. The van der Waals surface area contributed by atoms with Crippen molar-refractivity contribution in [3.8, 4) is 0 Å². The number of morpholine rings is 1. The molecule has 2 rings (SSSR count). The zero-order valence-electron chi connectivity index (χ0n) is 10.8. The van der Waals surface area contributed by atoms with Crippen LogP contribution < -0.4 is 16.0 Å². The third-order valence-electron chi connectivity index (χ3n) is 2.81. The Morgan fingerprint density at radius 3 is 3.10 bits per heavy atom. The highest BCUT2D eigenvalue weighted by molar-refractivity contribution is 5.89. The number of carbonyl (C=O) groups excluding carboxylic acids is 1. The lowest BCUT2D eigenvalue weighted by molar-refractivity contribution is -0.384. The van der Waals surface area contributed by atoms with Gasteiger partial charge in [0, 0.05) is 37.5 Å². The van der Waals surface area contributed by atoms with Crippen molar-refractivity contribution in [1.29, 1.82) is 0 Å². The summed E-state index contributed by atoms with van der Waals surface area (Å²) in [5.41, 5.74) is 0.307. The molecule has 0 aliphatic carbocycles. The second-order valence-corrected chi connectivity index (χ2v) is 4.34. The second kappa shape index (κ2) is 6.83. The summed E-state index contributed by atoms with van der Waals surface area (Å²) in [4.78, 5) is 21.8. The fraction of sp³-hybridized carbons (Fsp3) is 0.417. The third-order valence-corrected chi connectivity index (χ3v) is 2.81. The van der Waals surface area contributed by atoms with Crippen molar-refractivity contribution in [3.05, 3.63) is 34.4 Å². The largest absolute Gasteiger partial charge is 0.374 e. The van der Waals surface area contributed by atoms with E-state index in [1.807, 2.05) is 0 Å². The Morgan fingerprint density at radius 2 is 2.40 bits per heavy atom. The Morgan fingerprint density at radius 1 is 1.55 bits per heavy atom. The average Bonchev–Trinajstić information content (AvgIpc) is 2.46. The summed E-state index contributed by atoms with van der Waals surface area (Å²) in [5.74, 6) is 0. The standard InChI is InChI=1S/C12H16N4O4/c17-12(14-8-11-7-13-4-5-20-11)15-9-2-1-3-10(6-9)16(18)19/h1-3,6,11,13H,4-5,7-8H2,(H2,14,15,17). The van der Waals surface area contributed by atoms with Gasteiger partial charge in [-0.05, 0) is 6.07 Å². The maximum Gasteiger partial charge on any atom is 0.319 e. The lowest BCUT2D eigenvalue weighted by atomic mass is 10.3. The maximum absolute atomic E-state index is 11.7. The Hall–Kier alpha value is -2.19. The van der Waals surface area contributed by atoms with Gasteiger partial charge in [0.15, 0.2) is 0 Å². The molecule has 1 heterocycles. The second-order valence-electron chi connectivity index (χ2n) is 4.34. The number of hydrogen-bond donors (Lipinski definition) is 3. The Balaban J connectivity index is 1.81. The molecule has 1 unspecified atom stereocenters. The first-order chi connectivity index (χ1) is 9.65. The molecule has 0 saturated carbocycles. The number of nitro groups is 1. The number of amides is 2. The molecule has 1 aliphatic rings. The summed E-state index contributed by atoms with van der Waals surface area (Å²) < 4.78 is 5.43. The van der Waals surface area contributed by atoms with Crippen LogP contribution in [-0.2, 0) is 4.74 Å². The van der Waals surface area contributed by atoms with Crippen LogP contribution in [0.5, 0.6) is 0 Å². The van der Waals surface area contributed by atoms with E-state index in [0.29, 0.717) is 25.4 Å². The molecular weight excluding hydrogens is 264 g/mol. The first kappa shape index (κ1) is 14.2. The van der Waals surface area contributed by atoms with Gasteiger partial charge >= 0.3 is 6.03 Å². The van der Waals surface area contributed by atoms with Crippen molar-refractivity contribution in [3.63, 3.8) is 0 Å². The van der Waals surface area contributed by atoms with Gasteiger partial charge in [0.1, 0.15) is 0 Å². The summed E-state index contributed by atoms with van der Waals surface area (Å²) in [6.45, 7) is 2.51. The number of nitrogens with one attached hydrogen (secondary N) is 3. The molecule has 1 aliphatic heterocycles. The van der Waals surface area contributed by atoms with Gasteiger partial charge in [0.05, 0.1) is 17.6 Å². The number of non-ortho nitro benzene ring substituents is 1. The molecule has 8 heteroatoms. The van der Waals surface area contributed by atoms with Gasteiger partial charge in [0.25, 0.3) is 5.69 Å². The minimum atomic E-state index is -0.509. The lowest BCUT2D eigenvalue weighted by Gasteiger charge is -2.23.